The van der Waals surface area contributed by atoms with Gasteiger partial charge in [-0.3, -0.25) is 0 Å². The number of anilines is 1. The first-order valence-corrected chi connectivity index (χ1v) is 7.94. The van der Waals surface area contributed by atoms with E-state index in [1.54, 1.807) is 0 Å². The highest BCUT2D eigenvalue weighted by Gasteiger charge is 2.20. The summed E-state index contributed by atoms with van der Waals surface area (Å²) < 4.78 is 0. The average Bonchev–Trinajstić information content (AvgIpc) is 3.24. The van der Waals surface area contributed by atoms with E-state index >= 15 is 0 Å². The minimum atomic E-state index is 0.743. The molecule has 0 amide bonds. The predicted octanol–water partition coefficient (Wildman–Crippen LogP) is 1.67. The van der Waals surface area contributed by atoms with Gasteiger partial charge in [-0.2, -0.15) is 11.8 Å². The molecular weight excluding hydrogens is 244 g/mol. The van der Waals surface area contributed by atoms with Crippen molar-refractivity contribution in [3.8, 4) is 0 Å². The molecule has 1 aliphatic heterocycles. The Labute approximate surface area is 113 Å². The first-order chi connectivity index (χ1) is 8.92. The second-order valence-corrected chi connectivity index (χ2v) is 6.22. The number of nitrogens with one attached hydrogen (secondary N) is 1. The first kappa shape index (κ1) is 12.2. The molecule has 0 spiro atoms. The Bertz CT molecular complexity index is 369. The van der Waals surface area contributed by atoms with Crippen LogP contribution < -0.4 is 10.2 Å². The first-order valence-electron chi connectivity index (χ1n) is 6.79. The highest BCUT2D eigenvalue weighted by molar-refractivity contribution is 7.99. The molecule has 1 saturated carbocycles. The zero-order chi connectivity index (χ0) is 12.2. The zero-order valence-corrected chi connectivity index (χ0v) is 11.5. The lowest BCUT2D eigenvalue weighted by Crippen LogP contribution is -2.27. The van der Waals surface area contributed by atoms with Gasteiger partial charge in [0.15, 0.2) is 0 Å². The second kappa shape index (κ2) is 5.89. The normalized spacial score (nSPS) is 20.8. The third kappa shape index (κ3) is 3.36. The van der Waals surface area contributed by atoms with Gasteiger partial charge in [-0.15, -0.1) is 0 Å². The van der Waals surface area contributed by atoms with Crippen LogP contribution in [0.5, 0.6) is 0 Å². The Morgan fingerprint density at radius 1 is 1.22 bits per heavy atom. The van der Waals surface area contributed by atoms with E-state index in [2.05, 4.69) is 20.2 Å². The Kier molecular flexibility index (Phi) is 4.00. The molecule has 4 nitrogen and oxygen atoms in total. The largest absolute Gasteiger partial charge is 0.340 e. The summed E-state index contributed by atoms with van der Waals surface area (Å²) in [7, 11) is 0. The molecule has 2 fully saturated rings. The quantitative estimate of drug-likeness (QED) is 0.896. The van der Waals surface area contributed by atoms with E-state index in [0.717, 1.165) is 31.6 Å². The van der Waals surface area contributed by atoms with Gasteiger partial charge in [0.2, 0.25) is 5.95 Å². The minimum Gasteiger partial charge on any atom is -0.340 e. The van der Waals surface area contributed by atoms with Crippen LogP contribution >= 0.6 is 11.8 Å². The SMILES string of the molecule is c1nc(N2CCCSCC2)ncc1CNC1CC1. The molecule has 1 aromatic rings. The summed E-state index contributed by atoms with van der Waals surface area (Å²) in [6.45, 7) is 3.07. The van der Waals surface area contributed by atoms with Gasteiger partial charge in [-0.25, -0.2) is 9.97 Å². The Balaban J connectivity index is 1.58. The fourth-order valence-corrected chi connectivity index (χ4v) is 2.99. The molecule has 1 N–H and O–H groups in total. The van der Waals surface area contributed by atoms with E-state index in [4.69, 9.17) is 0 Å². The van der Waals surface area contributed by atoms with Crippen LogP contribution in [0.2, 0.25) is 0 Å². The van der Waals surface area contributed by atoms with Crippen LogP contribution in [0.1, 0.15) is 24.8 Å². The highest BCUT2D eigenvalue weighted by atomic mass is 32.2. The maximum Gasteiger partial charge on any atom is 0.225 e. The molecule has 0 bridgehead atoms. The molecule has 1 saturated heterocycles. The molecule has 0 unspecified atom stereocenters. The fourth-order valence-electron chi connectivity index (χ4n) is 2.10. The molecule has 1 aromatic heterocycles. The van der Waals surface area contributed by atoms with Crippen molar-refractivity contribution in [2.24, 2.45) is 0 Å². The summed E-state index contributed by atoms with van der Waals surface area (Å²) in [4.78, 5) is 11.3. The Morgan fingerprint density at radius 3 is 2.83 bits per heavy atom. The van der Waals surface area contributed by atoms with Crippen molar-refractivity contribution in [1.82, 2.24) is 15.3 Å². The standard InChI is InChI=1S/C13H20N4S/c1-4-17(5-7-18-6-1)13-15-9-11(10-16-13)8-14-12-2-3-12/h9-10,12,14H,1-8H2. The molecule has 5 heteroatoms. The summed E-state index contributed by atoms with van der Waals surface area (Å²) >= 11 is 2.03. The van der Waals surface area contributed by atoms with Crippen molar-refractivity contribution in [3.05, 3.63) is 18.0 Å². The van der Waals surface area contributed by atoms with Crippen LogP contribution in [0.15, 0.2) is 12.4 Å². The van der Waals surface area contributed by atoms with Gasteiger partial charge in [-0.1, -0.05) is 0 Å². The van der Waals surface area contributed by atoms with Gasteiger partial charge in [-0.05, 0) is 25.0 Å². The summed E-state index contributed by atoms with van der Waals surface area (Å²) in [6, 6.07) is 0.743. The average molecular weight is 264 g/mol. The van der Waals surface area contributed by atoms with E-state index in [-0.39, 0.29) is 0 Å². The van der Waals surface area contributed by atoms with Gasteiger partial charge in [0.1, 0.15) is 0 Å². The van der Waals surface area contributed by atoms with Gasteiger partial charge >= 0.3 is 0 Å². The molecule has 98 valence electrons. The van der Waals surface area contributed by atoms with Crippen LogP contribution in [0.25, 0.3) is 0 Å². The molecule has 1 aliphatic carbocycles. The van der Waals surface area contributed by atoms with Gasteiger partial charge in [0.25, 0.3) is 0 Å². The Hall–Kier alpha value is -0.810. The second-order valence-electron chi connectivity index (χ2n) is 5.00. The lowest BCUT2D eigenvalue weighted by molar-refractivity contribution is 0.681. The molecular formula is C13H20N4S. The lowest BCUT2D eigenvalue weighted by atomic mass is 10.3. The van der Waals surface area contributed by atoms with Crippen molar-refractivity contribution in [2.75, 3.05) is 29.5 Å². The third-order valence-electron chi connectivity index (χ3n) is 3.37. The summed E-state index contributed by atoms with van der Waals surface area (Å²) in [5, 5.41) is 3.48. The van der Waals surface area contributed by atoms with E-state index in [1.807, 2.05) is 24.2 Å². The number of aromatic nitrogens is 2. The molecule has 3 rings (SSSR count). The molecule has 0 aromatic carbocycles. The molecule has 2 aliphatic rings. The molecule has 0 radical (unpaired) electrons. The predicted molar refractivity (Wildman–Crippen MR) is 76.0 cm³/mol. The van der Waals surface area contributed by atoms with Crippen molar-refractivity contribution in [1.29, 1.82) is 0 Å². The Morgan fingerprint density at radius 2 is 2.06 bits per heavy atom. The van der Waals surface area contributed by atoms with Crippen LogP contribution in [0.3, 0.4) is 0 Å². The maximum atomic E-state index is 4.51. The van der Waals surface area contributed by atoms with E-state index < -0.39 is 0 Å². The monoisotopic (exact) mass is 264 g/mol. The van der Waals surface area contributed by atoms with E-state index in [1.165, 1.54) is 36.3 Å². The van der Waals surface area contributed by atoms with Crippen molar-refractivity contribution >= 4 is 17.7 Å². The van der Waals surface area contributed by atoms with Crippen molar-refractivity contribution in [2.45, 2.75) is 31.8 Å². The van der Waals surface area contributed by atoms with E-state index in [0.29, 0.717) is 0 Å². The number of thioether (sulfide) groups is 1. The van der Waals surface area contributed by atoms with Crippen LogP contribution in [0, 0.1) is 0 Å². The molecule has 2 heterocycles. The van der Waals surface area contributed by atoms with Crippen LogP contribution in [-0.2, 0) is 6.54 Å². The third-order valence-corrected chi connectivity index (χ3v) is 4.42. The summed E-state index contributed by atoms with van der Waals surface area (Å²) in [6.07, 6.45) is 7.82. The smallest absolute Gasteiger partial charge is 0.225 e. The van der Waals surface area contributed by atoms with Crippen molar-refractivity contribution in [3.63, 3.8) is 0 Å². The van der Waals surface area contributed by atoms with Crippen LogP contribution in [0.4, 0.5) is 5.95 Å². The van der Waals surface area contributed by atoms with Crippen LogP contribution in [-0.4, -0.2) is 40.6 Å². The maximum absolute atomic E-state index is 4.51. The van der Waals surface area contributed by atoms with Gasteiger partial charge in [0.05, 0.1) is 0 Å². The number of nitrogens with zero attached hydrogens (tertiary/aromatic N) is 3. The lowest BCUT2D eigenvalue weighted by Gasteiger charge is -2.19. The summed E-state index contributed by atoms with van der Waals surface area (Å²) in [5.41, 5.74) is 1.19. The van der Waals surface area contributed by atoms with Crippen molar-refractivity contribution < 1.29 is 0 Å². The number of hydrogen-bond donors (Lipinski definition) is 1. The summed E-state index contributed by atoms with van der Waals surface area (Å²) in [5.74, 6) is 3.35. The number of hydrogen-bond acceptors (Lipinski definition) is 5. The van der Waals surface area contributed by atoms with Gasteiger partial charge in [0, 0.05) is 49.4 Å². The topological polar surface area (TPSA) is 41.1 Å². The highest BCUT2D eigenvalue weighted by Crippen LogP contribution is 2.19. The van der Waals surface area contributed by atoms with E-state index in [9.17, 15) is 0 Å². The zero-order valence-electron chi connectivity index (χ0n) is 10.6. The molecule has 18 heavy (non-hydrogen) atoms. The fraction of sp³-hybridized carbons (Fsp3) is 0.692. The molecule has 0 atom stereocenters. The minimum absolute atomic E-state index is 0.743. The number of rotatable bonds is 4. The van der Waals surface area contributed by atoms with Gasteiger partial charge < -0.3 is 10.2 Å².